The summed E-state index contributed by atoms with van der Waals surface area (Å²) in [5.74, 6) is 1.07. The molecular formula is C13H24N2O2. The first-order chi connectivity index (χ1) is 8.18. The molecule has 1 aliphatic carbocycles. The molecule has 0 aromatic rings. The molecule has 1 saturated heterocycles. The van der Waals surface area contributed by atoms with E-state index in [1.807, 2.05) is 0 Å². The van der Waals surface area contributed by atoms with E-state index in [1.54, 1.807) is 0 Å². The van der Waals surface area contributed by atoms with Gasteiger partial charge in [0, 0.05) is 25.1 Å². The van der Waals surface area contributed by atoms with Crippen molar-refractivity contribution >= 4 is 5.91 Å². The Morgan fingerprint density at radius 3 is 2.88 bits per heavy atom. The minimum absolute atomic E-state index is 0.00562. The first kappa shape index (κ1) is 12.8. The van der Waals surface area contributed by atoms with E-state index in [0.717, 1.165) is 45.4 Å². The van der Waals surface area contributed by atoms with E-state index < -0.39 is 0 Å². The monoisotopic (exact) mass is 240 g/mol. The molecule has 2 rings (SSSR count). The van der Waals surface area contributed by atoms with Crippen LogP contribution in [0.1, 0.15) is 32.6 Å². The molecule has 4 unspecified atom stereocenters. The highest BCUT2D eigenvalue weighted by Crippen LogP contribution is 2.29. The van der Waals surface area contributed by atoms with Crippen LogP contribution >= 0.6 is 0 Å². The van der Waals surface area contributed by atoms with E-state index in [0.29, 0.717) is 11.8 Å². The van der Waals surface area contributed by atoms with Crippen LogP contribution in [0.5, 0.6) is 0 Å². The van der Waals surface area contributed by atoms with E-state index in [9.17, 15) is 4.79 Å². The Bertz CT molecular complexity index is 254. The Morgan fingerprint density at radius 1 is 1.41 bits per heavy atom. The van der Waals surface area contributed by atoms with Gasteiger partial charge in [-0.2, -0.15) is 0 Å². The highest BCUT2D eigenvalue weighted by Gasteiger charge is 2.34. The zero-order valence-corrected chi connectivity index (χ0v) is 10.7. The summed E-state index contributed by atoms with van der Waals surface area (Å²) in [4.78, 5) is 12.1. The fourth-order valence-corrected chi connectivity index (χ4v) is 3.02. The van der Waals surface area contributed by atoms with Gasteiger partial charge in [0.2, 0.25) is 5.91 Å². The number of rotatable bonds is 3. The van der Waals surface area contributed by atoms with Gasteiger partial charge in [0.15, 0.2) is 0 Å². The number of hydrogen-bond donors (Lipinski definition) is 2. The molecule has 1 amide bonds. The van der Waals surface area contributed by atoms with Crippen molar-refractivity contribution in [1.29, 1.82) is 0 Å². The van der Waals surface area contributed by atoms with Crippen LogP contribution in [-0.4, -0.2) is 31.7 Å². The summed E-state index contributed by atoms with van der Waals surface area (Å²) in [6.07, 6.45) is 4.32. The molecule has 0 radical (unpaired) electrons. The largest absolute Gasteiger partial charge is 0.381 e. The predicted molar refractivity (Wildman–Crippen MR) is 66.4 cm³/mol. The minimum atomic E-state index is 0.00562. The number of nitrogens with one attached hydrogen (secondary N) is 1. The molecule has 0 aromatic carbocycles. The number of nitrogens with two attached hydrogens (primary N) is 1. The molecule has 1 saturated carbocycles. The van der Waals surface area contributed by atoms with Gasteiger partial charge in [0.1, 0.15) is 0 Å². The molecule has 2 fully saturated rings. The lowest BCUT2D eigenvalue weighted by atomic mass is 9.76. The lowest BCUT2D eigenvalue weighted by Crippen LogP contribution is -2.48. The molecule has 0 aromatic heterocycles. The second-order valence-corrected chi connectivity index (χ2v) is 5.57. The van der Waals surface area contributed by atoms with Gasteiger partial charge in [-0.05, 0) is 25.2 Å². The van der Waals surface area contributed by atoms with Gasteiger partial charge in [0.25, 0.3) is 0 Å². The van der Waals surface area contributed by atoms with Gasteiger partial charge in [-0.15, -0.1) is 0 Å². The Kier molecular flexibility index (Phi) is 4.40. The zero-order valence-electron chi connectivity index (χ0n) is 10.7. The highest BCUT2D eigenvalue weighted by atomic mass is 16.5. The fourth-order valence-electron chi connectivity index (χ4n) is 3.02. The van der Waals surface area contributed by atoms with Crippen molar-refractivity contribution in [3.8, 4) is 0 Å². The summed E-state index contributed by atoms with van der Waals surface area (Å²) in [6, 6.07) is 0.0404. The molecule has 2 aliphatic rings. The minimum Gasteiger partial charge on any atom is -0.381 e. The van der Waals surface area contributed by atoms with Crippen molar-refractivity contribution in [1.82, 2.24) is 5.32 Å². The molecule has 17 heavy (non-hydrogen) atoms. The van der Waals surface area contributed by atoms with Gasteiger partial charge in [-0.3, -0.25) is 4.79 Å². The molecule has 0 spiro atoms. The summed E-state index contributed by atoms with van der Waals surface area (Å²) in [5.41, 5.74) is 6.07. The number of ether oxygens (including phenoxy) is 1. The van der Waals surface area contributed by atoms with Crippen LogP contribution in [0.4, 0.5) is 0 Å². The Labute approximate surface area is 103 Å². The van der Waals surface area contributed by atoms with Gasteiger partial charge >= 0.3 is 0 Å². The molecular weight excluding hydrogens is 216 g/mol. The molecule has 0 bridgehead atoms. The SMILES string of the molecule is CC1CCCC(N)C1C(=O)NCC1CCOC1. The maximum absolute atomic E-state index is 12.1. The van der Waals surface area contributed by atoms with E-state index in [2.05, 4.69) is 12.2 Å². The normalized spacial score (nSPS) is 38.0. The second-order valence-electron chi connectivity index (χ2n) is 5.57. The molecule has 4 atom stereocenters. The summed E-state index contributed by atoms with van der Waals surface area (Å²) in [7, 11) is 0. The second kappa shape index (κ2) is 5.83. The quantitative estimate of drug-likeness (QED) is 0.770. The van der Waals surface area contributed by atoms with Crippen LogP contribution in [0.25, 0.3) is 0 Å². The third-order valence-electron chi connectivity index (χ3n) is 4.16. The van der Waals surface area contributed by atoms with Crippen LogP contribution in [0.15, 0.2) is 0 Å². The third kappa shape index (κ3) is 3.19. The highest BCUT2D eigenvalue weighted by molar-refractivity contribution is 5.79. The van der Waals surface area contributed by atoms with Crippen LogP contribution in [0.2, 0.25) is 0 Å². The van der Waals surface area contributed by atoms with Crippen molar-refractivity contribution in [3.05, 3.63) is 0 Å². The first-order valence-electron chi connectivity index (χ1n) is 6.79. The molecule has 3 N–H and O–H groups in total. The molecule has 4 heteroatoms. The summed E-state index contributed by atoms with van der Waals surface area (Å²) >= 11 is 0. The van der Waals surface area contributed by atoms with E-state index in [4.69, 9.17) is 10.5 Å². The summed E-state index contributed by atoms with van der Waals surface area (Å²) in [5, 5.41) is 3.06. The van der Waals surface area contributed by atoms with Crippen molar-refractivity contribution in [2.75, 3.05) is 19.8 Å². The lowest BCUT2D eigenvalue weighted by Gasteiger charge is -2.33. The van der Waals surface area contributed by atoms with Gasteiger partial charge in [-0.25, -0.2) is 0 Å². The van der Waals surface area contributed by atoms with Crippen molar-refractivity contribution < 1.29 is 9.53 Å². The van der Waals surface area contributed by atoms with Gasteiger partial charge in [-0.1, -0.05) is 13.3 Å². The van der Waals surface area contributed by atoms with Crippen molar-refractivity contribution in [2.45, 2.75) is 38.6 Å². The maximum Gasteiger partial charge on any atom is 0.224 e. The smallest absolute Gasteiger partial charge is 0.224 e. The number of carbonyl (C=O) groups is 1. The van der Waals surface area contributed by atoms with Crippen molar-refractivity contribution in [3.63, 3.8) is 0 Å². The summed E-state index contributed by atoms with van der Waals surface area (Å²) < 4.78 is 5.30. The van der Waals surface area contributed by atoms with Gasteiger partial charge in [0.05, 0.1) is 12.5 Å². The average molecular weight is 240 g/mol. The van der Waals surface area contributed by atoms with Crippen LogP contribution < -0.4 is 11.1 Å². The standard InChI is InChI=1S/C13H24N2O2/c1-9-3-2-4-11(14)12(9)13(16)15-7-10-5-6-17-8-10/h9-12H,2-8,14H2,1H3,(H,15,16). The molecule has 98 valence electrons. The topological polar surface area (TPSA) is 64.4 Å². The predicted octanol–water partition coefficient (Wildman–Crippen LogP) is 0.903. The van der Waals surface area contributed by atoms with Crippen LogP contribution in [0.3, 0.4) is 0 Å². The van der Waals surface area contributed by atoms with Gasteiger partial charge < -0.3 is 15.8 Å². The first-order valence-corrected chi connectivity index (χ1v) is 6.79. The number of amides is 1. The Hall–Kier alpha value is -0.610. The Balaban J connectivity index is 1.80. The molecule has 4 nitrogen and oxygen atoms in total. The molecule has 1 aliphatic heterocycles. The molecule has 1 heterocycles. The number of carbonyl (C=O) groups excluding carboxylic acids is 1. The number of hydrogen-bond acceptors (Lipinski definition) is 3. The summed E-state index contributed by atoms with van der Waals surface area (Å²) in [6.45, 7) is 4.50. The van der Waals surface area contributed by atoms with Crippen LogP contribution in [-0.2, 0) is 9.53 Å². The Morgan fingerprint density at radius 2 is 2.24 bits per heavy atom. The fraction of sp³-hybridized carbons (Fsp3) is 0.923. The van der Waals surface area contributed by atoms with E-state index in [-0.39, 0.29) is 17.9 Å². The zero-order chi connectivity index (χ0) is 12.3. The maximum atomic E-state index is 12.1. The average Bonchev–Trinajstić information content (AvgIpc) is 2.79. The van der Waals surface area contributed by atoms with Crippen LogP contribution in [0, 0.1) is 17.8 Å². The van der Waals surface area contributed by atoms with E-state index in [1.165, 1.54) is 0 Å². The van der Waals surface area contributed by atoms with Crippen molar-refractivity contribution in [2.24, 2.45) is 23.5 Å². The lowest BCUT2D eigenvalue weighted by molar-refractivity contribution is -0.128. The van der Waals surface area contributed by atoms with E-state index >= 15 is 0 Å². The third-order valence-corrected chi connectivity index (χ3v) is 4.16.